The fourth-order valence-electron chi connectivity index (χ4n) is 1.16. The Kier molecular flexibility index (Phi) is 3.70. The molecule has 102 valence electrons. The van der Waals surface area contributed by atoms with Gasteiger partial charge in [-0.3, -0.25) is 0 Å². The lowest BCUT2D eigenvalue weighted by Crippen LogP contribution is -2.21. The van der Waals surface area contributed by atoms with Crippen LogP contribution in [-0.2, 0) is 12.8 Å². The highest BCUT2D eigenvalue weighted by Crippen LogP contribution is 2.38. The number of ether oxygens (including phenoxy) is 1. The van der Waals surface area contributed by atoms with E-state index in [4.69, 9.17) is 5.11 Å². The van der Waals surface area contributed by atoms with Gasteiger partial charge in [0.2, 0.25) is 5.95 Å². The third-order valence-corrected chi connectivity index (χ3v) is 1.77. The molecule has 0 aliphatic rings. The summed E-state index contributed by atoms with van der Waals surface area (Å²) < 4.78 is 88.9. The summed E-state index contributed by atoms with van der Waals surface area (Å²) in [4.78, 5) is 2.52. The zero-order valence-corrected chi connectivity index (χ0v) is 8.23. The van der Waals surface area contributed by atoms with Crippen molar-refractivity contribution in [3.8, 4) is 5.75 Å². The van der Waals surface area contributed by atoms with E-state index in [1.807, 2.05) is 0 Å². The molecule has 0 fully saturated rings. The number of aromatic nitrogens is 1. The molecular formula is C8H4F7NO2. The standard InChI is InChI=1S/C8H4F7NO2/c9-6-5(7(10,11)12)3(2-17)4(1-16-6)18-8(13,14)15/h1,17H,2H2. The van der Waals surface area contributed by atoms with Gasteiger partial charge in [-0.2, -0.15) is 17.6 Å². The molecule has 1 aromatic heterocycles. The maximum atomic E-state index is 12.9. The highest BCUT2D eigenvalue weighted by atomic mass is 19.4. The number of alkyl halides is 6. The van der Waals surface area contributed by atoms with E-state index in [9.17, 15) is 30.7 Å². The van der Waals surface area contributed by atoms with E-state index in [1.54, 1.807) is 0 Å². The molecule has 0 unspecified atom stereocenters. The fourth-order valence-corrected chi connectivity index (χ4v) is 1.16. The van der Waals surface area contributed by atoms with Crippen molar-refractivity contribution in [1.29, 1.82) is 0 Å². The molecule has 1 N–H and O–H groups in total. The van der Waals surface area contributed by atoms with E-state index in [-0.39, 0.29) is 6.20 Å². The summed E-state index contributed by atoms with van der Waals surface area (Å²) in [5.41, 5.74) is -3.46. The molecule has 0 saturated carbocycles. The van der Waals surface area contributed by atoms with Crippen LogP contribution in [0.15, 0.2) is 6.20 Å². The first-order valence-corrected chi connectivity index (χ1v) is 4.17. The van der Waals surface area contributed by atoms with E-state index >= 15 is 0 Å². The van der Waals surface area contributed by atoms with Gasteiger partial charge in [0.1, 0.15) is 5.56 Å². The average molecular weight is 279 g/mol. The van der Waals surface area contributed by atoms with Crippen molar-refractivity contribution in [2.75, 3.05) is 0 Å². The molecule has 1 heterocycles. The Hall–Kier alpha value is -1.58. The molecular weight excluding hydrogens is 275 g/mol. The van der Waals surface area contributed by atoms with Gasteiger partial charge in [0.25, 0.3) is 0 Å². The SMILES string of the molecule is OCc1c(OC(F)(F)F)cnc(F)c1C(F)(F)F. The molecule has 0 saturated heterocycles. The predicted molar refractivity (Wildman–Crippen MR) is 41.8 cm³/mol. The second-order valence-corrected chi connectivity index (χ2v) is 2.97. The molecule has 10 heteroatoms. The van der Waals surface area contributed by atoms with Crippen LogP contribution in [0, 0.1) is 5.95 Å². The number of aliphatic hydroxyl groups is 1. The number of nitrogens with zero attached hydrogens (tertiary/aromatic N) is 1. The lowest BCUT2D eigenvalue weighted by atomic mass is 10.1. The van der Waals surface area contributed by atoms with Crippen LogP contribution in [0.3, 0.4) is 0 Å². The van der Waals surface area contributed by atoms with Crippen molar-refractivity contribution in [1.82, 2.24) is 4.98 Å². The largest absolute Gasteiger partial charge is 0.573 e. The van der Waals surface area contributed by atoms with E-state index in [1.165, 1.54) is 0 Å². The average Bonchev–Trinajstić information content (AvgIpc) is 2.16. The quantitative estimate of drug-likeness (QED) is 0.668. The van der Waals surface area contributed by atoms with Gasteiger partial charge in [0.15, 0.2) is 5.75 Å². The minimum Gasteiger partial charge on any atom is -0.404 e. The van der Waals surface area contributed by atoms with Crippen molar-refractivity contribution in [3.05, 3.63) is 23.3 Å². The van der Waals surface area contributed by atoms with Crippen LogP contribution in [0.1, 0.15) is 11.1 Å². The fraction of sp³-hybridized carbons (Fsp3) is 0.375. The number of hydrogen-bond acceptors (Lipinski definition) is 3. The molecule has 0 radical (unpaired) electrons. The second-order valence-electron chi connectivity index (χ2n) is 2.97. The highest BCUT2D eigenvalue weighted by Gasteiger charge is 2.41. The smallest absolute Gasteiger partial charge is 0.404 e. The molecule has 0 aromatic carbocycles. The van der Waals surface area contributed by atoms with E-state index in [0.29, 0.717) is 0 Å². The van der Waals surface area contributed by atoms with Crippen LogP contribution in [-0.4, -0.2) is 16.5 Å². The summed E-state index contributed by atoms with van der Waals surface area (Å²) in [7, 11) is 0. The molecule has 1 aromatic rings. The van der Waals surface area contributed by atoms with Crippen LogP contribution in [0.25, 0.3) is 0 Å². The van der Waals surface area contributed by atoms with Gasteiger partial charge in [-0.15, -0.1) is 13.2 Å². The maximum absolute atomic E-state index is 12.9. The van der Waals surface area contributed by atoms with Crippen LogP contribution in [0.2, 0.25) is 0 Å². The second kappa shape index (κ2) is 4.59. The first kappa shape index (κ1) is 14.5. The summed E-state index contributed by atoms with van der Waals surface area (Å²) in [6, 6.07) is 0. The van der Waals surface area contributed by atoms with E-state index in [0.717, 1.165) is 0 Å². The topological polar surface area (TPSA) is 42.4 Å². The monoisotopic (exact) mass is 279 g/mol. The Morgan fingerprint density at radius 3 is 2.11 bits per heavy atom. The summed E-state index contributed by atoms with van der Waals surface area (Å²) in [6.45, 7) is -1.49. The first-order chi connectivity index (χ1) is 8.06. The van der Waals surface area contributed by atoms with Crippen molar-refractivity contribution < 1.29 is 40.6 Å². The number of halogens is 7. The third kappa shape index (κ3) is 3.22. The van der Waals surface area contributed by atoms with E-state index in [2.05, 4.69) is 9.72 Å². The minimum absolute atomic E-state index is 0.115. The number of hydrogen-bond donors (Lipinski definition) is 1. The van der Waals surface area contributed by atoms with Crippen molar-refractivity contribution in [2.45, 2.75) is 19.1 Å². The Morgan fingerprint density at radius 1 is 1.17 bits per heavy atom. The van der Waals surface area contributed by atoms with Crippen LogP contribution < -0.4 is 4.74 Å². The summed E-state index contributed by atoms with van der Waals surface area (Å²) in [6.07, 6.45) is -10.5. The third-order valence-electron chi connectivity index (χ3n) is 1.77. The van der Waals surface area contributed by atoms with Crippen molar-refractivity contribution in [2.24, 2.45) is 0 Å². The lowest BCUT2D eigenvalue weighted by Gasteiger charge is -2.16. The highest BCUT2D eigenvalue weighted by molar-refractivity contribution is 5.39. The number of aliphatic hydroxyl groups excluding tert-OH is 1. The zero-order valence-electron chi connectivity index (χ0n) is 8.23. The molecule has 18 heavy (non-hydrogen) atoms. The minimum atomic E-state index is -5.31. The summed E-state index contributed by atoms with van der Waals surface area (Å²) in [5.74, 6) is -3.44. The van der Waals surface area contributed by atoms with Gasteiger partial charge in [0.05, 0.1) is 12.8 Å². The van der Waals surface area contributed by atoms with Gasteiger partial charge in [-0.25, -0.2) is 4.98 Å². The number of pyridine rings is 1. The Morgan fingerprint density at radius 2 is 1.72 bits per heavy atom. The maximum Gasteiger partial charge on any atom is 0.573 e. The van der Waals surface area contributed by atoms with Crippen LogP contribution in [0.4, 0.5) is 30.7 Å². The zero-order chi connectivity index (χ0) is 14.1. The molecule has 3 nitrogen and oxygen atoms in total. The first-order valence-electron chi connectivity index (χ1n) is 4.17. The number of rotatable bonds is 2. The molecule has 0 aliphatic carbocycles. The molecule has 0 bridgehead atoms. The summed E-state index contributed by atoms with van der Waals surface area (Å²) in [5, 5.41) is 8.64. The van der Waals surface area contributed by atoms with Gasteiger partial charge >= 0.3 is 12.5 Å². The lowest BCUT2D eigenvalue weighted by molar-refractivity contribution is -0.275. The Labute approximate surface area is 94.8 Å². The molecule has 0 spiro atoms. The summed E-state index contributed by atoms with van der Waals surface area (Å²) >= 11 is 0. The van der Waals surface area contributed by atoms with Crippen molar-refractivity contribution in [3.63, 3.8) is 0 Å². The van der Waals surface area contributed by atoms with E-state index < -0.39 is 42.0 Å². The molecule has 0 amide bonds. The molecule has 0 atom stereocenters. The predicted octanol–water partition coefficient (Wildman–Crippen LogP) is 2.63. The normalized spacial score (nSPS) is 12.7. The van der Waals surface area contributed by atoms with Crippen LogP contribution >= 0.6 is 0 Å². The Balaban J connectivity index is 3.39. The molecule has 0 aliphatic heterocycles. The van der Waals surface area contributed by atoms with Crippen molar-refractivity contribution >= 4 is 0 Å². The van der Waals surface area contributed by atoms with Gasteiger partial charge in [0, 0.05) is 5.56 Å². The van der Waals surface area contributed by atoms with Gasteiger partial charge < -0.3 is 9.84 Å². The van der Waals surface area contributed by atoms with Gasteiger partial charge in [-0.1, -0.05) is 0 Å². The Bertz CT molecular complexity index is 440. The molecule has 1 rings (SSSR count). The van der Waals surface area contributed by atoms with Gasteiger partial charge in [-0.05, 0) is 0 Å². The van der Waals surface area contributed by atoms with Crippen LogP contribution in [0.5, 0.6) is 5.75 Å².